The topological polar surface area (TPSA) is 42.4 Å². The molecule has 2 aromatic carbocycles. The van der Waals surface area contributed by atoms with E-state index in [-0.39, 0.29) is 6.10 Å². The van der Waals surface area contributed by atoms with Gasteiger partial charge in [0.1, 0.15) is 11.9 Å². The van der Waals surface area contributed by atoms with Crippen molar-refractivity contribution in [1.82, 2.24) is 4.98 Å². The van der Waals surface area contributed by atoms with Gasteiger partial charge in [0.2, 0.25) is 0 Å². The zero-order chi connectivity index (χ0) is 17.5. The summed E-state index contributed by atoms with van der Waals surface area (Å²) in [6.07, 6.45) is 4.24. The summed E-state index contributed by atoms with van der Waals surface area (Å²) in [5.74, 6) is 0.771. The number of ether oxygens (including phenoxy) is 1. The van der Waals surface area contributed by atoms with E-state index in [0.717, 1.165) is 23.3 Å². The lowest BCUT2D eigenvalue weighted by molar-refractivity contribution is 0.0420. The molecule has 0 aliphatic heterocycles. The van der Waals surface area contributed by atoms with Crippen molar-refractivity contribution >= 4 is 0 Å². The van der Waals surface area contributed by atoms with Crippen LogP contribution in [0, 0.1) is 0 Å². The predicted octanol–water partition coefficient (Wildman–Crippen LogP) is 4.51. The van der Waals surface area contributed by atoms with Crippen molar-refractivity contribution in [3.8, 4) is 16.9 Å². The number of nitrogens with zero attached hydrogens (tertiary/aromatic N) is 1. The quantitative estimate of drug-likeness (QED) is 0.692. The molecule has 1 aromatic heterocycles. The second-order valence-corrected chi connectivity index (χ2v) is 6.18. The summed E-state index contributed by atoms with van der Waals surface area (Å²) in [6.45, 7) is 1.90. The van der Waals surface area contributed by atoms with E-state index in [1.165, 1.54) is 5.56 Å². The average molecular weight is 333 g/mol. The minimum Gasteiger partial charge on any atom is -0.488 e. The van der Waals surface area contributed by atoms with Gasteiger partial charge in [0.25, 0.3) is 0 Å². The van der Waals surface area contributed by atoms with Gasteiger partial charge in [0, 0.05) is 12.4 Å². The number of pyridine rings is 1. The Morgan fingerprint density at radius 1 is 0.920 bits per heavy atom. The largest absolute Gasteiger partial charge is 0.488 e. The summed E-state index contributed by atoms with van der Waals surface area (Å²) in [4.78, 5) is 4.10. The molecule has 3 rings (SSSR count). The Labute approximate surface area is 148 Å². The molecule has 3 heteroatoms. The average Bonchev–Trinajstić information content (AvgIpc) is 2.68. The van der Waals surface area contributed by atoms with Gasteiger partial charge >= 0.3 is 0 Å². The van der Waals surface area contributed by atoms with Crippen molar-refractivity contribution < 1.29 is 9.84 Å². The molecule has 0 radical (unpaired) electrons. The van der Waals surface area contributed by atoms with Crippen molar-refractivity contribution in [3.63, 3.8) is 0 Å². The van der Waals surface area contributed by atoms with Crippen LogP contribution in [0.1, 0.15) is 18.9 Å². The maximum atomic E-state index is 10.3. The first kappa shape index (κ1) is 17.2. The summed E-state index contributed by atoms with van der Waals surface area (Å²) < 4.78 is 5.89. The highest BCUT2D eigenvalue weighted by atomic mass is 16.5. The van der Waals surface area contributed by atoms with Gasteiger partial charge < -0.3 is 9.84 Å². The Bertz CT molecular complexity index is 757. The highest BCUT2D eigenvalue weighted by Gasteiger charge is 2.16. The van der Waals surface area contributed by atoms with E-state index in [4.69, 9.17) is 4.74 Å². The van der Waals surface area contributed by atoms with Crippen LogP contribution < -0.4 is 4.74 Å². The first-order valence-corrected chi connectivity index (χ1v) is 8.61. The third-order valence-electron chi connectivity index (χ3n) is 4.28. The van der Waals surface area contributed by atoms with Gasteiger partial charge in [-0.05, 0) is 54.7 Å². The SMILES string of the molecule is C[C@H](Oc1ccc(-c2ccccc2)cc1)C(O)CCc1cccnc1. The standard InChI is InChI=1S/C22H23NO2/c1-17(22(24)14-9-18-6-5-15-23-16-18)25-21-12-10-20(11-13-21)19-7-3-2-4-8-19/h2-8,10-13,15-17,22,24H,9,14H2,1H3/t17-,22?/m0/s1. The molecule has 0 saturated carbocycles. The zero-order valence-electron chi connectivity index (χ0n) is 14.4. The lowest BCUT2D eigenvalue weighted by atomic mass is 10.0. The second kappa shape index (κ2) is 8.45. The van der Waals surface area contributed by atoms with Crippen molar-refractivity contribution in [2.45, 2.75) is 32.0 Å². The van der Waals surface area contributed by atoms with Crippen LogP contribution in [0.25, 0.3) is 11.1 Å². The van der Waals surface area contributed by atoms with Crippen LogP contribution >= 0.6 is 0 Å². The molecule has 2 atom stereocenters. The fourth-order valence-corrected chi connectivity index (χ4v) is 2.75. The molecule has 3 aromatic rings. The van der Waals surface area contributed by atoms with E-state index < -0.39 is 6.10 Å². The first-order valence-electron chi connectivity index (χ1n) is 8.61. The summed E-state index contributed by atoms with van der Waals surface area (Å²) in [6, 6.07) is 22.2. The van der Waals surface area contributed by atoms with E-state index in [9.17, 15) is 5.11 Å². The maximum Gasteiger partial charge on any atom is 0.122 e. The molecule has 1 heterocycles. The van der Waals surface area contributed by atoms with E-state index >= 15 is 0 Å². The summed E-state index contributed by atoms with van der Waals surface area (Å²) in [5.41, 5.74) is 3.46. The van der Waals surface area contributed by atoms with E-state index in [1.54, 1.807) is 6.20 Å². The predicted molar refractivity (Wildman–Crippen MR) is 101 cm³/mol. The molecule has 1 N–H and O–H groups in total. The molecule has 0 fully saturated rings. The molecule has 128 valence electrons. The number of aliphatic hydroxyl groups excluding tert-OH is 1. The van der Waals surface area contributed by atoms with Crippen molar-refractivity contribution in [2.24, 2.45) is 0 Å². The zero-order valence-corrected chi connectivity index (χ0v) is 14.4. The number of rotatable bonds is 7. The van der Waals surface area contributed by atoms with Crippen LogP contribution in [0.15, 0.2) is 79.1 Å². The van der Waals surface area contributed by atoms with Gasteiger partial charge in [-0.3, -0.25) is 4.98 Å². The monoisotopic (exact) mass is 333 g/mol. The number of aromatic nitrogens is 1. The minimum absolute atomic E-state index is 0.265. The van der Waals surface area contributed by atoms with Crippen LogP contribution in [-0.2, 0) is 6.42 Å². The molecule has 0 saturated heterocycles. The number of hydrogen-bond donors (Lipinski definition) is 1. The molecule has 1 unspecified atom stereocenters. The lowest BCUT2D eigenvalue weighted by Crippen LogP contribution is -2.29. The van der Waals surface area contributed by atoms with Crippen LogP contribution in [0.2, 0.25) is 0 Å². The highest BCUT2D eigenvalue weighted by molar-refractivity contribution is 5.63. The fraction of sp³-hybridized carbons (Fsp3) is 0.227. The molecule has 0 amide bonds. The van der Waals surface area contributed by atoms with Gasteiger partial charge in [0.05, 0.1) is 6.10 Å². The Balaban J connectivity index is 1.54. The Kier molecular flexibility index (Phi) is 5.81. The Morgan fingerprint density at radius 3 is 2.32 bits per heavy atom. The molecule has 0 aliphatic carbocycles. The fourth-order valence-electron chi connectivity index (χ4n) is 2.75. The summed E-state index contributed by atoms with van der Waals surface area (Å²) >= 11 is 0. The van der Waals surface area contributed by atoms with Crippen LogP contribution in [0.5, 0.6) is 5.75 Å². The van der Waals surface area contributed by atoms with Crippen LogP contribution in [0.4, 0.5) is 0 Å². The smallest absolute Gasteiger partial charge is 0.122 e. The molecule has 0 aliphatic rings. The van der Waals surface area contributed by atoms with Gasteiger partial charge in [-0.15, -0.1) is 0 Å². The molecule has 3 nitrogen and oxygen atoms in total. The number of benzene rings is 2. The molecule has 25 heavy (non-hydrogen) atoms. The van der Waals surface area contributed by atoms with E-state index in [2.05, 4.69) is 17.1 Å². The number of aliphatic hydroxyl groups is 1. The van der Waals surface area contributed by atoms with E-state index in [1.807, 2.05) is 67.7 Å². The summed E-state index contributed by atoms with van der Waals surface area (Å²) in [7, 11) is 0. The molecular weight excluding hydrogens is 310 g/mol. The Hall–Kier alpha value is -2.65. The second-order valence-electron chi connectivity index (χ2n) is 6.18. The third-order valence-corrected chi connectivity index (χ3v) is 4.28. The Morgan fingerprint density at radius 2 is 1.64 bits per heavy atom. The van der Waals surface area contributed by atoms with E-state index in [0.29, 0.717) is 6.42 Å². The molecule has 0 spiro atoms. The maximum absolute atomic E-state index is 10.3. The van der Waals surface area contributed by atoms with Gasteiger partial charge in [-0.2, -0.15) is 0 Å². The van der Waals surface area contributed by atoms with Crippen molar-refractivity contribution in [2.75, 3.05) is 0 Å². The first-order chi connectivity index (χ1) is 12.2. The minimum atomic E-state index is -0.519. The normalized spacial score (nSPS) is 13.2. The highest BCUT2D eigenvalue weighted by Crippen LogP contribution is 2.23. The van der Waals surface area contributed by atoms with Crippen LogP contribution in [-0.4, -0.2) is 22.3 Å². The molecule has 0 bridgehead atoms. The third kappa shape index (κ3) is 4.91. The van der Waals surface area contributed by atoms with Crippen molar-refractivity contribution in [1.29, 1.82) is 0 Å². The van der Waals surface area contributed by atoms with Gasteiger partial charge in [-0.25, -0.2) is 0 Å². The van der Waals surface area contributed by atoms with Gasteiger partial charge in [0.15, 0.2) is 0 Å². The van der Waals surface area contributed by atoms with Crippen LogP contribution in [0.3, 0.4) is 0 Å². The van der Waals surface area contributed by atoms with Crippen molar-refractivity contribution in [3.05, 3.63) is 84.7 Å². The van der Waals surface area contributed by atoms with Gasteiger partial charge in [-0.1, -0.05) is 48.5 Å². The lowest BCUT2D eigenvalue weighted by Gasteiger charge is -2.20. The summed E-state index contributed by atoms with van der Waals surface area (Å²) in [5, 5.41) is 10.3. The molecular formula is C22H23NO2. The number of hydrogen-bond acceptors (Lipinski definition) is 3. The number of aryl methyl sites for hydroxylation is 1.